The van der Waals surface area contributed by atoms with Gasteiger partial charge in [-0.05, 0) is 18.2 Å². The van der Waals surface area contributed by atoms with Gasteiger partial charge < -0.3 is 14.3 Å². The molecule has 1 N–H and O–H groups in total. The van der Waals surface area contributed by atoms with Gasteiger partial charge in [0, 0.05) is 6.42 Å². The number of oxazole rings is 1. The predicted molar refractivity (Wildman–Crippen MR) is 61.5 cm³/mol. The summed E-state index contributed by atoms with van der Waals surface area (Å²) < 4.78 is 33.7. The van der Waals surface area contributed by atoms with E-state index >= 15 is 0 Å². The number of alkyl halides is 2. The van der Waals surface area contributed by atoms with Crippen LogP contribution in [-0.4, -0.2) is 35.7 Å². The number of halogens is 2. The van der Waals surface area contributed by atoms with Crippen molar-refractivity contribution in [2.45, 2.75) is 12.8 Å². The Morgan fingerprint density at radius 2 is 2.26 bits per heavy atom. The van der Waals surface area contributed by atoms with E-state index in [1.807, 2.05) is 0 Å². The molecule has 19 heavy (non-hydrogen) atoms. The Morgan fingerprint density at radius 1 is 1.47 bits per heavy atom. The number of aromatic carboxylic acids is 1. The number of aromatic nitrogens is 1. The molecule has 0 aliphatic carbocycles. The van der Waals surface area contributed by atoms with Crippen LogP contribution in [0.3, 0.4) is 0 Å². The third-order valence-corrected chi connectivity index (χ3v) is 2.38. The summed E-state index contributed by atoms with van der Waals surface area (Å²) in [6.45, 7) is -0.549. The van der Waals surface area contributed by atoms with E-state index in [0.29, 0.717) is 17.0 Å². The van der Waals surface area contributed by atoms with Gasteiger partial charge in [-0.1, -0.05) is 0 Å². The molecule has 2 rings (SSSR count). The van der Waals surface area contributed by atoms with Crippen LogP contribution >= 0.6 is 0 Å². The Balaban J connectivity index is 2.03. The van der Waals surface area contributed by atoms with Gasteiger partial charge in [0.2, 0.25) is 0 Å². The number of nitrogens with zero attached hydrogens (tertiary/aromatic N) is 1. The number of hydrogen-bond donors (Lipinski definition) is 1. The second kappa shape index (κ2) is 5.75. The molecule has 1 aromatic carbocycles. The third-order valence-electron chi connectivity index (χ3n) is 2.38. The highest BCUT2D eigenvalue weighted by molar-refractivity contribution is 5.91. The molecule has 0 fully saturated rings. The molecule has 5 nitrogen and oxygen atoms in total. The van der Waals surface area contributed by atoms with Crippen molar-refractivity contribution in [1.29, 1.82) is 0 Å². The summed E-state index contributed by atoms with van der Waals surface area (Å²) in [6, 6.07) is 4.32. The fourth-order valence-electron chi connectivity index (χ4n) is 1.54. The lowest BCUT2D eigenvalue weighted by atomic mass is 10.2. The summed E-state index contributed by atoms with van der Waals surface area (Å²) in [5, 5.41) is 8.82. The summed E-state index contributed by atoms with van der Waals surface area (Å²) in [5.74, 6) is -0.730. The Hall–Kier alpha value is -2.02. The molecule has 0 atom stereocenters. The third kappa shape index (κ3) is 3.47. The summed E-state index contributed by atoms with van der Waals surface area (Å²) in [7, 11) is 0. The van der Waals surface area contributed by atoms with E-state index in [1.165, 1.54) is 18.2 Å². The highest BCUT2D eigenvalue weighted by Gasteiger charge is 2.10. The predicted octanol–water partition coefficient (Wildman–Crippen LogP) is 2.35. The number of hydrogen-bond acceptors (Lipinski definition) is 4. The lowest BCUT2D eigenvalue weighted by Crippen LogP contribution is -2.07. The number of carboxylic acids is 1. The summed E-state index contributed by atoms with van der Waals surface area (Å²) >= 11 is 0. The largest absolute Gasteiger partial charge is 0.478 e. The molecule has 0 aliphatic heterocycles. The monoisotopic (exact) mass is 271 g/mol. The van der Waals surface area contributed by atoms with Crippen molar-refractivity contribution < 1.29 is 27.8 Å². The van der Waals surface area contributed by atoms with E-state index in [4.69, 9.17) is 14.3 Å². The molecular weight excluding hydrogens is 260 g/mol. The van der Waals surface area contributed by atoms with Gasteiger partial charge in [-0.15, -0.1) is 0 Å². The lowest BCUT2D eigenvalue weighted by molar-refractivity contribution is 0.0174. The van der Waals surface area contributed by atoms with Crippen LogP contribution in [0.1, 0.15) is 16.2 Å². The topological polar surface area (TPSA) is 72.6 Å². The number of fused-ring (bicyclic) bond motifs is 1. The highest BCUT2D eigenvalue weighted by atomic mass is 19.3. The van der Waals surface area contributed by atoms with E-state index in [2.05, 4.69) is 4.98 Å². The summed E-state index contributed by atoms with van der Waals surface area (Å²) in [4.78, 5) is 14.9. The molecule has 0 unspecified atom stereocenters. The van der Waals surface area contributed by atoms with E-state index in [1.54, 1.807) is 0 Å². The Labute approximate surface area is 106 Å². The minimum Gasteiger partial charge on any atom is -0.478 e. The molecular formula is C12H11F2NO4. The van der Waals surface area contributed by atoms with Crippen molar-refractivity contribution in [1.82, 2.24) is 4.98 Å². The first kappa shape index (κ1) is 13.4. The van der Waals surface area contributed by atoms with Gasteiger partial charge in [-0.3, -0.25) is 0 Å². The van der Waals surface area contributed by atoms with Crippen molar-refractivity contribution in [2.75, 3.05) is 13.2 Å². The van der Waals surface area contributed by atoms with Crippen molar-refractivity contribution in [3.63, 3.8) is 0 Å². The van der Waals surface area contributed by atoms with E-state index < -0.39 is 19.0 Å². The minimum atomic E-state index is -2.50. The van der Waals surface area contributed by atoms with Gasteiger partial charge in [0.15, 0.2) is 11.5 Å². The van der Waals surface area contributed by atoms with Crippen molar-refractivity contribution >= 4 is 17.1 Å². The van der Waals surface area contributed by atoms with E-state index in [9.17, 15) is 13.6 Å². The average molecular weight is 271 g/mol. The maximum Gasteiger partial charge on any atom is 0.335 e. The number of rotatable bonds is 6. The molecule has 0 spiro atoms. The second-order valence-electron chi connectivity index (χ2n) is 3.81. The lowest BCUT2D eigenvalue weighted by Gasteiger charge is -2.00. The molecule has 1 aromatic heterocycles. The standard InChI is InChI=1S/C12H11F2NO4/c13-10(14)6-18-4-3-11-15-8-2-1-7(12(16)17)5-9(8)19-11/h1-2,5,10H,3-4,6H2,(H,16,17). The van der Waals surface area contributed by atoms with Crippen LogP contribution in [0.4, 0.5) is 8.78 Å². The fourth-order valence-corrected chi connectivity index (χ4v) is 1.54. The van der Waals surface area contributed by atoms with Gasteiger partial charge in [0.1, 0.15) is 12.1 Å². The van der Waals surface area contributed by atoms with Crippen LogP contribution in [0, 0.1) is 0 Å². The molecule has 2 aromatic rings. The molecule has 0 amide bonds. The van der Waals surface area contributed by atoms with Gasteiger partial charge in [0.25, 0.3) is 6.43 Å². The molecule has 0 aliphatic rings. The van der Waals surface area contributed by atoms with Crippen LogP contribution in [0.15, 0.2) is 22.6 Å². The first-order chi connectivity index (χ1) is 9.06. The first-order valence-electron chi connectivity index (χ1n) is 5.55. The fraction of sp³-hybridized carbons (Fsp3) is 0.333. The Morgan fingerprint density at radius 3 is 2.95 bits per heavy atom. The van der Waals surface area contributed by atoms with Crippen LogP contribution in [-0.2, 0) is 11.2 Å². The Bertz CT molecular complexity index is 582. The zero-order valence-corrected chi connectivity index (χ0v) is 9.81. The van der Waals surface area contributed by atoms with Gasteiger partial charge in [0.05, 0.1) is 12.2 Å². The van der Waals surface area contributed by atoms with Crippen molar-refractivity contribution in [3.05, 3.63) is 29.7 Å². The summed E-state index contributed by atoms with van der Waals surface area (Å²) in [6.07, 6.45) is -2.24. The number of carboxylic acid groups (broad SMARTS) is 1. The highest BCUT2D eigenvalue weighted by Crippen LogP contribution is 2.17. The minimum absolute atomic E-state index is 0.0724. The number of benzene rings is 1. The van der Waals surface area contributed by atoms with E-state index in [-0.39, 0.29) is 18.6 Å². The van der Waals surface area contributed by atoms with Gasteiger partial charge in [-0.2, -0.15) is 0 Å². The quantitative estimate of drug-likeness (QED) is 0.816. The first-order valence-corrected chi connectivity index (χ1v) is 5.55. The number of carbonyl (C=O) groups is 1. The van der Waals surface area contributed by atoms with Crippen molar-refractivity contribution in [2.24, 2.45) is 0 Å². The van der Waals surface area contributed by atoms with Gasteiger partial charge in [-0.25, -0.2) is 18.6 Å². The van der Waals surface area contributed by atoms with Crippen molar-refractivity contribution in [3.8, 4) is 0 Å². The van der Waals surface area contributed by atoms with Crippen LogP contribution in [0.25, 0.3) is 11.1 Å². The molecule has 0 saturated heterocycles. The zero-order valence-electron chi connectivity index (χ0n) is 9.81. The van der Waals surface area contributed by atoms with Crippen LogP contribution in [0.2, 0.25) is 0 Å². The average Bonchev–Trinajstić information content (AvgIpc) is 2.75. The maximum absolute atomic E-state index is 11.8. The van der Waals surface area contributed by atoms with Crippen LogP contribution < -0.4 is 0 Å². The number of ether oxygens (including phenoxy) is 1. The normalized spacial score (nSPS) is 11.3. The molecule has 0 radical (unpaired) electrons. The molecule has 0 bridgehead atoms. The Kier molecular flexibility index (Phi) is 4.06. The van der Waals surface area contributed by atoms with E-state index in [0.717, 1.165) is 0 Å². The maximum atomic E-state index is 11.8. The zero-order chi connectivity index (χ0) is 13.8. The smallest absolute Gasteiger partial charge is 0.335 e. The molecule has 102 valence electrons. The SMILES string of the molecule is O=C(O)c1ccc2nc(CCOCC(F)F)oc2c1. The molecule has 0 saturated carbocycles. The second-order valence-corrected chi connectivity index (χ2v) is 3.81. The molecule has 7 heteroatoms. The summed E-state index contributed by atoms with van der Waals surface area (Å²) in [5.41, 5.74) is 0.974. The van der Waals surface area contributed by atoms with Gasteiger partial charge >= 0.3 is 5.97 Å². The van der Waals surface area contributed by atoms with Crippen LogP contribution in [0.5, 0.6) is 0 Å². The molecule has 1 heterocycles.